The minimum Gasteiger partial charge on any atom is -0.373 e. The summed E-state index contributed by atoms with van der Waals surface area (Å²) in [6.45, 7) is 9.14. The molecular formula is C16H27N3OS2. The van der Waals surface area contributed by atoms with Crippen molar-refractivity contribution in [3.05, 3.63) is 24.0 Å². The quantitative estimate of drug-likeness (QED) is 0.656. The van der Waals surface area contributed by atoms with Crippen LogP contribution < -0.4 is 4.90 Å². The van der Waals surface area contributed by atoms with Crippen LogP contribution in [0, 0.1) is 0 Å². The standard InChI is InChI=1S/C16H27N3OS2/c1-12(22-21)14-7-6-13(10-17-14)19-8-9-20-15(11-19)16(2,3)18(4)5/h6-7,10,12,15,21H,8-9,11H2,1-5H3. The lowest BCUT2D eigenvalue weighted by atomic mass is 9.94. The summed E-state index contributed by atoms with van der Waals surface area (Å²) in [7, 11) is 5.73. The molecule has 124 valence electrons. The summed E-state index contributed by atoms with van der Waals surface area (Å²) >= 11 is 4.26. The number of nitrogens with zero attached hydrogens (tertiary/aromatic N) is 3. The average Bonchev–Trinajstić information content (AvgIpc) is 2.54. The smallest absolute Gasteiger partial charge is 0.0928 e. The number of pyridine rings is 1. The van der Waals surface area contributed by atoms with Gasteiger partial charge in [0.2, 0.25) is 0 Å². The van der Waals surface area contributed by atoms with Gasteiger partial charge in [0.05, 0.1) is 35.5 Å². The molecule has 1 aliphatic heterocycles. The number of ether oxygens (including phenoxy) is 1. The first-order chi connectivity index (χ1) is 10.4. The summed E-state index contributed by atoms with van der Waals surface area (Å²) in [5, 5.41) is 0.308. The van der Waals surface area contributed by atoms with E-state index >= 15 is 0 Å². The van der Waals surface area contributed by atoms with Crippen LogP contribution in [0.5, 0.6) is 0 Å². The topological polar surface area (TPSA) is 28.6 Å². The van der Waals surface area contributed by atoms with E-state index in [9.17, 15) is 0 Å². The highest BCUT2D eigenvalue weighted by Crippen LogP contribution is 2.31. The van der Waals surface area contributed by atoms with Gasteiger partial charge in [-0.3, -0.25) is 4.98 Å². The zero-order valence-electron chi connectivity index (χ0n) is 14.1. The van der Waals surface area contributed by atoms with Gasteiger partial charge in [-0.1, -0.05) is 10.8 Å². The van der Waals surface area contributed by atoms with E-state index in [4.69, 9.17) is 4.74 Å². The molecule has 0 radical (unpaired) electrons. The summed E-state index contributed by atoms with van der Waals surface area (Å²) in [6.07, 6.45) is 2.16. The summed E-state index contributed by atoms with van der Waals surface area (Å²) in [6, 6.07) is 4.26. The molecule has 1 saturated heterocycles. The van der Waals surface area contributed by atoms with Crippen LogP contribution in [0.15, 0.2) is 18.3 Å². The van der Waals surface area contributed by atoms with E-state index in [1.54, 1.807) is 0 Å². The second kappa shape index (κ2) is 7.43. The fourth-order valence-corrected chi connectivity index (χ4v) is 3.05. The molecule has 0 amide bonds. The number of rotatable bonds is 5. The van der Waals surface area contributed by atoms with Crippen molar-refractivity contribution >= 4 is 28.1 Å². The zero-order chi connectivity index (χ0) is 16.3. The third-order valence-corrected chi connectivity index (χ3v) is 6.22. The van der Waals surface area contributed by atoms with E-state index in [-0.39, 0.29) is 11.6 Å². The Kier molecular flexibility index (Phi) is 6.05. The van der Waals surface area contributed by atoms with Gasteiger partial charge in [-0.25, -0.2) is 0 Å². The summed E-state index contributed by atoms with van der Waals surface area (Å²) in [5.41, 5.74) is 2.24. The Morgan fingerprint density at radius 1 is 1.45 bits per heavy atom. The second-order valence-electron chi connectivity index (χ2n) is 6.54. The maximum absolute atomic E-state index is 6.02. The van der Waals surface area contributed by atoms with Gasteiger partial charge in [0.15, 0.2) is 0 Å². The van der Waals surface area contributed by atoms with Gasteiger partial charge in [0.25, 0.3) is 0 Å². The van der Waals surface area contributed by atoms with Crippen LogP contribution in [0.2, 0.25) is 0 Å². The van der Waals surface area contributed by atoms with Crippen molar-refractivity contribution < 1.29 is 4.74 Å². The Morgan fingerprint density at radius 3 is 2.73 bits per heavy atom. The Labute approximate surface area is 143 Å². The summed E-state index contributed by atoms with van der Waals surface area (Å²) in [5.74, 6) is 0. The molecule has 2 atom stereocenters. The number of thiol groups is 1. The lowest BCUT2D eigenvalue weighted by Crippen LogP contribution is -2.57. The van der Waals surface area contributed by atoms with E-state index < -0.39 is 0 Å². The van der Waals surface area contributed by atoms with E-state index in [0.29, 0.717) is 5.25 Å². The molecular weight excluding hydrogens is 314 g/mol. The van der Waals surface area contributed by atoms with E-state index in [2.05, 4.69) is 73.4 Å². The highest BCUT2D eigenvalue weighted by atomic mass is 33.1. The highest BCUT2D eigenvalue weighted by molar-refractivity contribution is 8.68. The predicted octanol–water partition coefficient (Wildman–Crippen LogP) is 3.27. The zero-order valence-corrected chi connectivity index (χ0v) is 15.8. The number of hydrogen-bond acceptors (Lipinski definition) is 6. The Hall–Kier alpha value is -0.430. The van der Waals surface area contributed by atoms with Crippen LogP contribution in [0.25, 0.3) is 0 Å². The van der Waals surface area contributed by atoms with Crippen LogP contribution >= 0.6 is 22.5 Å². The molecule has 0 aromatic carbocycles. The second-order valence-corrected chi connectivity index (χ2v) is 8.09. The van der Waals surface area contributed by atoms with Gasteiger partial charge in [-0.2, -0.15) is 0 Å². The Balaban J connectivity index is 2.09. The number of morpholine rings is 1. The third kappa shape index (κ3) is 3.91. The normalized spacial score (nSPS) is 21.2. The number of aromatic nitrogens is 1. The predicted molar refractivity (Wildman–Crippen MR) is 98.9 cm³/mol. The van der Waals surface area contributed by atoms with Gasteiger partial charge in [0.1, 0.15) is 0 Å². The maximum Gasteiger partial charge on any atom is 0.0928 e. The fraction of sp³-hybridized carbons (Fsp3) is 0.688. The highest BCUT2D eigenvalue weighted by Gasteiger charge is 2.36. The molecule has 2 unspecified atom stereocenters. The monoisotopic (exact) mass is 341 g/mol. The maximum atomic E-state index is 6.02. The first-order valence-corrected chi connectivity index (χ1v) is 9.59. The summed E-state index contributed by atoms with van der Waals surface area (Å²) in [4.78, 5) is 9.18. The molecule has 2 heterocycles. The lowest BCUT2D eigenvalue weighted by Gasteiger charge is -2.45. The average molecular weight is 342 g/mol. The molecule has 0 spiro atoms. The van der Waals surface area contributed by atoms with Gasteiger partial charge >= 0.3 is 0 Å². The van der Waals surface area contributed by atoms with Crippen LogP contribution in [0.1, 0.15) is 31.7 Å². The van der Waals surface area contributed by atoms with E-state index in [1.165, 1.54) is 16.5 Å². The first-order valence-electron chi connectivity index (χ1n) is 7.66. The SMILES string of the molecule is CC(SS)c1ccc(N2CCOC(C(C)(C)N(C)C)C2)cn1. The molecule has 22 heavy (non-hydrogen) atoms. The van der Waals surface area contributed by atoms with Crippen molar-refractivity contribution in [2.75, 3.05) is 38.7 Å². The van der Waals surface area contributed by atoms with Crippen molar-refractivity contribution in [3.8, 4) is 0 Å². The first kappa shape index (κ1) is 17.9. The lowest BCUT2D eigenvalue weighted by molar-refractivity contribution is -0.0484. The Morgan fingerprint density at radius 2 is 2.18 bits per heavy atom. The molecule has 4 nitrogen and oxygen atoms in total. The van der Waals surface area contributed by atoms with Crippen LogP contribution in [-0.2, 0) is 4.74 Å². The van der Waals surface area contributed by atoms with Gasteiger partial charge in [-0.15, -0.1) is 11.7 Å². The minimum absolute atomic E-state index is 0.00320. The molecule has 0 bridgehead atoms. The molecule has 0 saturated carbocycles. The van der Waals surface area contributed by atoms with Crippen LogP contribution in [0.3, 0.4) is 0 Å². The molecule has 1 aromatic heterocycles. The van der Waals surface area contributed by atoms with Gasteiger partial charge < -0.3 is 14.5 Å². The molecule has 0 N–H and O–H groups in total. The number of likely N-dealkylation sites (N-methyl/N-ethyl adjacent to an activating group) is 1. The third-order valence-electron chi connectivity index (χ3n) is 4.72. The van der Waals surface area contributed by atoms with Crippen molar-refractivity contribution in [3.63, 3.8) is 0 Å². The van der Waals surface area contributed by atoms with Crippen molar-refractivity contribution in [2.24, 2.45) is 0 Å². The molecule has 0 aliphatic carbocycles. The minimum atomic E-state index is 0.00320. The molecule has 1 fully saturated rings. The van der Waals surface area contributed by atoms with E-state index in [0.717, 1.165) is 25.4 Å². The largest absolute Gasteiger partial charge is 0.373 e. The number of anilines is 1. The van der Waals surface area contributed by atoms with Gasteiger partial charge in [0, 0.05) is 18.6 Å². The molecule has 6 heteroatoms. The van der Waals surface area contributed by atoms with Crippen LogP contribution in [-0.4, -0.2) is 55.3 Å². The van der Waals surface area contributed by atoms with Crippen molar-refractivity contribution in [1.82, 2.24) is 9.88 Å². The van der Waals surface area contributed by atoms with Gasteiger partial charge in [-0.05, 0) is 47.0 Å². The van der Waals surface area contributed by atoms with E-state index in [1.807, 2.05) is 6.20 Å². The van der Waals surface area contributed by atoms with Crippen molar-refractivity contribution in [1.29, 1.82) is 0 Å². The van der Waals surface area contributed by atoms with Crippen molar-refractivity contribution in [2.45, 2.75) is 37.7 Å². The Bertz CT molecular complexity index is 479. The molecule has 1 aliphatic rings. The fourth-order valence-electron chi connectivity index (χ4n) is 2.48. The summed E-state index contributed by atoms with van der Waals surface area (Å²) < 4.78 is 6.02. The van der Waals surface area contributed by atoms with Crippen LogP contribution in [0.4, 0.5) is 5.69 Å². The molecule has 2 rings (SSSR count). The molecule has 1 aromatic rings. The number of hydrogen-bond donors (Lipinski definition) is 1.